The lowest BCUT2D eigenvalue weighted by atomic mass is 9.92. The van der Waals surface area contributed by atoms with Crippen LogP contribution in [-0.2, 0) is 10.4 Å². The van der Waals surface area contributed by atoms with Crippen LogP contribution in [0.15, 0.2) is 24.3 Å². The van der Waals surface area contributed by atoms with Crippen molar-refractivity contribution in [2.75, 3.05) is 7.11 Å². The molecule has 1 rings (SSSR count). The largest absolute Gasteiger partial charge is 0.497 e. The van der Waals surface area contributed by atoms with Gasteiger partial charge in [-0.15, -0.1) is 0 Å². The SMILES string of the molecule is COc1ccc(C(C)(O)C(C)=O)cc1. The first-order valence-corrected chi connectivity index (χ1v) is 4.36. The maximum atomic E-state index is 11.1. The summed E-state index contributed by atoms with van der Waals surface area (Å²) in [6.45, 7) is 2.85. The number of rotatable bonds is 3. The summed E-state index contributed by atoms with van der Waals surface area (Å²) < 4.78 is 4.98. The highest BCUT2D eigenvalue weighted by Gasteiger charge is 2.28. The van der Waals surface area contributed by atoms with E-state index in [4.69, 9.17) is 4.74 Å². The van der Waals surface area contributed by atoms with Crippen molar-refractivity contribution in [3.63, 3.8) is 0 Å². The molecule has 14 heavy (non-hydrogen) atoms. The van der Waals surface area contributed by atoms with E-state index < -0.39 is 5.60 Å². The molecule has 0 aliphatic rings. The molecule has 1 aromatic carbocycles. The van der Waals surface area contributed by atoms with Gasteiger partial charge in [-0.2, -0.15) is 0 Å². The van der Waals surface area contributed by atoms with Crippen LogP contribution in [0.25, 0.3) is 0 Å². The van der Waals surface area contributed by atoms with Gasteiger partial charge in [0.25, 0.3) is 0 Å². The number of hydrogen-bond acceptors (Lipinski definition) is 3. The van der Waals surface area contributed by atoms with E-state index in [-0.39, 0.29) is 5.78 Å². The molecule has 1 atom stereocenters. The number of Topliss-reactive ketones (excluding diaryl/α,β-unsaturated/α-hetero) is 1. The van der Waals surface area contributed by atoms with Gasteiger partial charge in [-0.3, -0.25) is 4.79 Å². The second-order valence-corrected chi connectivity index (χ2v) is 3.36. The molecule has 76 valence electrons. The fourth-order valence-electron chi connectivity index (χ4n) is 1.12. The number of hydrogen-bond donors (Lipinski definition) is 1. The van der Waals surface area contributed by atoms with E-state index in [9.17, 15) is 9.90 Å². The van der Waals surface area contributed by atoms with E-state index in [1.54, 1.807) is 31.4 Å². The van der Waals surface area contributed by atoms with Gasteiger partial charge in [0.15, 0.2) is 5.78 Å². The highest BCUT2D eigenvalue weighted by atomic mass is 16.5. The molecule has 0 saturated carbocycles. The van der Waals surface area contributed by atoms with E-state index in [2.05, 4.69) is 0 Å². The first kappa shape index (κ1) is 10.7. The zero-order chi connectivity index (χ0) is 10.8. The van der Waals surface area contributed by atoms with Gasteiger partial charge in [0.1, 0.15) is 11.4 Å². The van der Waals surface area contributed by atoms with E-state index in [1.165, 1.54) is 13.8 Å². The van der Waals surface area contributed by atoms with Gasteiger partial charge in [0.2, 0.25) is 0 Å². The molecule has 0 fully saturated rings. The van der Waals surface area contributed by atoms with E-state index in [0.29, 0.717) is 11.3 Å². The van der Waals surface area contributed by atoms with Gasteiger partial charge in [0.05, 0.1) is 7.11 Å². The van der Waals surface area contributed by atoms with Crippen LogP contribution in [0.5, 0.6) is 5.75 Å². The van der Waals surface area contributed by atoms with Gasteiger partial charge >= 0.3 is 0 Å². The van der Waals surface area contributed by atoms with Crippen molar-refractivity contribution >= 4 is 5.78 Å². The number of carbonyl (C=O) groups excluding carboxylic acids is 1. The Kier molecular flexibility index (Phi) is 2.91. The Bertz CT molecular complexity index is 325. The fraction of sp³-hybridized carbons (Fsp3) is 0.364. The lowest BCUT2D eigenvalue weighted by molar-refractivity contribution is -0.134. The minimum Gasteiger partial charge on any atom is -0.497 e. The Morgan fingerprint density at radius 3 is 2.21 bits per heavy atom. The van der Waals surface area contributed by atoms with Crippen molar-refractivity contribution < 1.29 is 14.6 Å². The summed E-state index contributed by atoms with van der Waals surface area (Å²) in [5, 5.41) is 9.84. The van der Waals surface area contributed by atoms with Gasteiger partial charge in [-0.25, -0.2) is 0 Å². The Morgan fingerprint density at radius 1 is 1.36 bits per heavy atom. The molecule has 0 amide bonds. The average molecular weight is 194 g/mol. The van der Waals surface area contributed by atoms with Crippen LogP contribution in [0.3, 0.4) is 0 Å². The van der Waals surface area contributed by atoms with Crippen LogP contribution in [0, 0.1) is 0 Å². The average Bonchev–Trinajstić information content (AvgIpc) is 2.17. The molecule has 0 aromatic heterocycles. The molecule has 0 radical (unpaired) electrons. The summed E-state index contributed by atoms with van der Waals surface area (Å²) in [6, 6.07) is 6.79. The minimum absolute atomic E-state index is 0.275. The zero-order valence-corrected chi connectivity index (χ0v) is 8.57. The maximum absolute atomic E-state index is 11.1. The molecule has 3 heteroatoms. The highest BCUT2D eigenvalue weighted by Crippen LogP contribution is 2.23. The lowest BCUT2D eigenvalue weighted by Gasteiger charge is -2.20. The number of benzene rings is 1. The number of ketones is 1. The Labute approximate surface area is 83.3 Å². The van der Waals surface area contributed by atoms with Crippen LogP contribution >= 0.6 is 0 Å². The standard InChI is InChI=1S/C11H14O3/c1-8(12)11(2,13)9-4-6-10(14-3)7-5-9/h4-7,13H,1-3H3. The Morgan fingerprint density at radius 2 is 1.86 bits per heavy atom. The molecule has 0 aliphatic heterocycles. The molecule has 0 heterocycles. The lowest BCUT2D eigenvalue weighted by Crippen LogP contribution is -2.29. The van der Waals surface area contributed by atoms with Gasteiger partial charge in [-0.1, -0.05) is 12.1 Å². The monoisotopic (exact) mass is 194 g/mol. The third-order valence-corrected chi connectivity index (χ3v) is 2.34. The molecule has 0 aliphatic carbocycles. The molecule has 1 N–H and O–H groups in total. The van der Waals surface area contributed by atoms with E-state index in [0.717, 1.165) is 0 Å². The third kappa shape index (κ3) is 1.93. The van der Waals surface area contributed by atoms with Gasteiger partial charge in [0, 0.05) is 0 Å². The van der Waals surface area contributed by atoms with Crippen LogP contribution in [0.1, 0.15) is 19.4 Å². The Hall–Kier alpha value is -1.35. The van der Waals surface area contributed by atoms with Crippen molar-refractivity contribution in [3.8, 4) is 5.75 Å². The van der Waals surface area contributed by atoms with Crippen molar-refractivity contribution in [3.05, 3.63) is 29.8 Å². The van der Waals surface area contributed by atoms with Crippen LogP contribution in [-0.4, -0.2) is 18.0 Å². The summed E-state index contributed by atoms with van der Waals surface area (Å²) in [7, 11) is 1.57. The first-order valence-electron chi connectivity index (χ1n) is 4.36. The molecular weight excluding hydrogens is 180 g/mol. The van der Waals surface area contributed by atoms with Crippen molar-refractivity contribution in [1.29, 1.82) is 0 Å². The molecule has 1 unspecified atom stereocenters. The van der Waals surface area contributed by atoms with Crippen LogP contribution in [0.4, 0.5) is 0 Å². The third-order valence-electron chi connectivity index (χ3n) is 2.34. The Balaban J connectivity index is 3.02. The fourth-order valence-corrected chi connectivity index (χ4v) is 1.12. The maximum Gasteiger partial charge on any atom is 0.165 e. The van der Waals surface area contributed by atoms with Gasteiger partial charge < -0.3 is 9.84 Å². The van der Waals surface area contributed by atoms with Crippen LogP contribution < -0.4 is 4.74 Å². The second kappa shape index (κ2) is 3.80. The highest BCUT2D eigenvalue weighted by molar-refractivity contribution is 5.85. The summed E-state index contributed by atoms with van der Waals surface area (Å²) >= 11 is 0. The van der Waals surface area contributed by atoms with Crippen molar-refractivity contribution in [2.24, 2.45) is 0 Å². The summed E-state index contributed by atoms with van der Waals surface area (Å²) in [5.41, 5.74) is -0.836. The molecule has 0 saturated heterocycles. The van der Waals surface area contributed by atoms with Crippen LogP contribution in [0.2, 0.25) is 0 Å². The smallest absolute Gasteiger partial charge is 0.165 e. The normalized spacial score (nSPS) is 14.6. The first-order chi connectivity index (χ1) is 6.48. The zero-order valence-electron chi connectivity index (χ0n) is 8.57. The quantitative estimate of drug-likeness (QED) is 0.793. The topological polar surface area (TPSA) is 46.5 Å². The summed E-state index contributed by atoms with van der Waals surface area (Å²) in [4.78, 5) is 11.1. The number of methoxy groups -OCH3 is 1. The number of aliphatic hydroxyl groups is 1. The molecule has 3 nitrogen and oxygen atoms in total. The number of ether oxygens (including phenoxy) is 1. The van der Waals surface area contributed by atoms with E-state index in [1.807, 2.05) is 0 Å². The molecule has 0 spiro atoms. The predicted molar refractivity (Wildman–Crippen MR) is 53.2 cm³/mol. The van der Waals surface area contributed by atoms with Crippen molar-refractivity contribution in [1.82, 2.24) is 0 Å². The predicted octanol–water partition coefficient (Wildman–Crippen LogP) is 1.49. The number of carbonyl (C=O) groups is 1. The summed E-state index contributed by atoms with van der Waals surface area (Å²) in [6.07, 6.45) is 0. The second-order valence-electron chi connectivity index (χ2n) is 3.36. The minimum atomic E-state index is -1.41. The molecule has 0 bridgehead atoms. The summed E-state index contributed by atoms with van der Waals surface area (Å²) in [5.74, 6) is 0.427. The van der Waals surface area contributed by atoms with Crippen molar-refractivity contribution in [2.45, 2.75) is 19.4 Å². The molecular formula is C11H14O3. The molecule has 1 aromatic rings. The van der Waals surface area contributed by atoms with E-state index >= 15 is 0 Å². The van der Waals surface area contributed by atoms with Gasteiger partial charge in [-0.05, 0) is 31.5 Å².